The van der Waals surface area contributed by atoms with Gasteiger partial charge in [0, 0.05) is 36.1 Å². The summed E-state index contributed by atoms with van der Waals surface area (Å²) in [5.74, 6) is -0.642. The fourth-order valence-corrected chi connectivity index (χ4v) is 5.32. The summed E-state index contributed by atoms with van der Waals surface area (Å²) >= 11 is 0. The summed E-state index contributed by atoms with van der Waals surface area (Å²) in [6.07, 6.45) is -2.82. The molecule has 2 N–H and O–H groups in total. The number of nitrogens with one attached hydrogen (secondary N) is 2. The second kappa shape index (κ2) is 13.8. The molecule has 1 saturated heterocycles. The molecule has 1 fully saturated rings. The van der Waals surface area contributed by atoms with E-state index < -0.39 is 17.8 Å². The summed E-state index contributed by atoms with van der Waals surface area (Å²) < 4.78 is 44.5. The standard InChI is InChI=1S/C35H34F3N3O3/c1-2-22-44-34(43)32(25-8-4-3-5-9-25)39-28-20-21-41(23-28)29-18-16-27(17-19-29)40-33(42)31-11-7-6-10-30(31)24-12-14-26(15-13-24)35(36,37)38/h3-19,28,32,39H,2,20-23H2,1H3,(H,40,42). The molecule has 44 heavy (non-hydrogen) atoms. The van der Waals surface area contributed by atoms with Crippen molar-refractivity contribution in [1.82, 2.24) is 5.32 Å². The van der Waals surface area contributed by atoms with E-state index >= 15 is 0 Å². The van der Waals surface area contributed by atoms with Gasteiger partial charge >= 0.3 is 12.1 Å². The Labute approximate surface area is 254 Å². The number of ether oxygens (including phenoxy) is 1. The number of benzene rings is 4. The van der Waals surface area contributed by atoms with E-state index in [0.29, 0.717) is 35.5 Å². The van der Waals surface area contributed by atoms with Crippen molar-refractivity contribution in [1.29, 1.82) is 0 Å². The average molecular weight is 602 g/mol. The van der Waals surface area contributed by atoms with E-state index in [2.05, 4.69) is 15.5 Å². The molecule has 2 atom stereocenters. The van der Waals surface area contributed by atoms with Gasteiger partial charge in [0.25, 0.3) is 5.91 Å². The Kier molecular flexibility index (Phi) is 9.65. The molecule has 0 radical (unpaired) electrons. The maximum Gasteiger partial charge on any atom is 0.416 e. The van der Waals surface area contributed by atoms with Crippen LogP contribution in [0.25, 0.3) is 11.1 Å². The van der Waals surface area contributed by atoms with Crippen molar-refractivity contribution in [2.45, 2.75) is 38.0 Å². The van der Waals surface area contributed by atoms with Crippen LogP contribution >= 0.6 is 0 Å². The van der Waals surface area contributed by atoms with Gasteiger partial charge in [-0.05, 0) is 72.0 Å². The SMILES string of the molecule is CCCOC(=O)C(NC1CCN(c2ccc(NC(=O)c3ccccc3-c3ccc(C(F)(F)F)cc3)cc2)C1)c1ccccc1. The number of esters is 1. The van der Waals surface area contributed by atoms with Gasteiger partial charge in [0.05, 0.1) is 12.2 Å². The van der Waals surface area contributed by atoms with Crippen molar-refractivity contribution < 1.29 is 27.5 Å². The fraction of sp³-hybridized carbons (Fsp3) is 0.257. The van der Waals surface area contributed by atoms with Gasteiger partial charge in [-0.25, -0.2) is 4.79 Å². The molecule has 2 unspecified atom stereocenters. The Morgan fingerprint density at radius 3 is 2.27 bits per heavy atom. The second-order valence-corrected chi connectivity index (χ2v) is 10.7. The molecule has 1 amide bonds. The van der Waals surface area contributed by atoms with Crippen LogP contribution in [0.2, 0.25) is 0 Å². The van der Waals surface area contributed by atoms with Crippen molar-refractivity contribution in [3.8, 4) is 11.1 Å². The van der Waals surface area contributed by atoms with E-state index in [4.69, 9.17) is 4.74 Å². The minimum Gasteiger partial charge on any atom is -0.464 e. The van der Waals surface area contributed by atoms with Gasteiger partial charge in [-0.1, -0.05) is 67.6 Å². The number of carbonyl (C=O) groups is 2. The molecule has 0 aliphatic carbocycles. The minimum atomic E-state index is -4.43. The number of hydrogen-bond acceptors (Lipinski definition) is 5. The lowest BCUT2D eigenvalue weighted by atomic mass is 9.98. The number of amides is 1. The Morgan fingerprint density at radius 1 is 0.909 bits per heavy atom. The second-order valence-electron chi connectivity index (χ2n) is 10.7. The number of rotatable bonds is 10. The van der Waals surface area contributed by atoms with Crippen LogP contribution in [0.4, 0.5) is 24.5 Å². The summed E-state index contributed by atoms with van der Waals surface area (Å²) in [7, 11) is 0. The summed E-state index contributed by atoms with van der Waals surface area (Å²) in [6.45, 7) is 3.85. The molecule has 1 heterocycles. The third-order valence-corrected chi connectivity index (χ3v) is 7.59. The van der Waals surface area contributed by atoms with Gasteiger partial charge in [0.2, 0.25) is 0 Å². The molecule has 228 valence electrons. The lowest BCUT2D eigenvalue weighted by Crippen LogP contribution is -2.39. The third kappa shape index (κ3) is 7.47. The van der Waals surface area contributed by atoms with E-state index in [0.717, 1.165) is 42.8 Å². The molecule has 1 aliphatic heterocycles. The highest BCUT2D eigenvalue weighted by atomic mass is 19.4. The summed E-state index contributed by atoms with van der Waals surface area (Å²) in [5, 5.41) is 6.40. The van der Waals surface area contributed by atoms with Gasteiger partial charge in [-0.15, -0.1) is 0 Å². The van der Waals surface area contributed by atoms with Crippen molar-refractivity contribution in [2.24, 2.45) is 0 Å². The normalized spacial score (nSPS) is 15.5. The summed E-state index contributed by atoms with van der Waals surface area (Å²) in [5.41, 5.74) is 3.12. The van der Waals surface area contributed by atoms with Crippen LogP contribution in [0.5, 0.6) is 0 Å². The number of hydrogen-bond donors (Lipinski definition) is 2. The van der Waals surface area contributed by atoms with Crippen LogP contribution in [-0.4, -0.2) is 37.6 Å². The van der Waals surface area contributed by atoms with Crippen LogP contribution in [-0.2, 0) is 15.7 Å². The highest BCUT2D eigenvalue weighted by Crippen LogP contribution is 2.32. The smallest absolute Gasteiger partial charge is 0.416 e. The van der Waals surface area contributed by atoms with Crippen LogP contribution in [0.3, 0.4) is 0 Å². The summed E-state index contributed by atoms with van der Waals surface area (Å²) in [6, 6.07) is 28.2. The van der Waals surface area contributed by atoms with E-state index in [1.54, 1.807) is 24.3 Å². The topological polar surface area (TPSA) is 70.7 Å². The lowest BCUT2D eigenvalue weighted by Gasteiger charge is -2.23. The summed E-state index contributed by atoms with van der Waals surface area (Å²) in [4.78, 5) is 28.3. The molecule has 1 aliphatic rings. The number of nitrogens with zero attached hydrogens (tertiary/aromatic N) is 1. The van der Waals surface area contributed by atoms with Crippen molar-refractivity contribution in [2.75, 3.05) is 29.9 Å². The van der Waals surface area contributed by atoms with E-state index in [1.807, 2.05) is 61.5 Å². The number of halogens is 3. The molecule has 4 aromatic rings. The molecule has 5 rings (SSSR count). The maximum absolute atomic E-state index is 13.2. The van der Waals surface area contributed by atoms with E-state index in [-0.39, 0.29) is 17.9 Å². The number of anilines is 2. The highest BCUT2D eigenvalue weighted by Gasteiger charge is 2.31. The van der Waals surface area contributed by atoms with Crippen molar-refractivity contribution in [3.05, 3.63) is 120 Å². The molecule has 6 nitrogen and oxygen atoms in total. The Balaban J connectivity index is 1.22. The Morgan fingerprint density at radius 2 is 1.59 bits per heavy atom. The van der Waals surface area contributed by atoms with Gasteiger partial charge in [-0.2, -0.15) is 13.2 Å². The first-order chi connectivity index (χ1) is 21.2. The predicted octanol–water partition coefficient (Wildman–Crippen LogP) is 7.49. The van der Waals surface area contributed by atoms with E-state index in [1.165, 1.54) is 12.1 Å². The maximum atomic E-state index is 13.2. The third-order valence-electron chi connectivity index (χ3n) is 7.59. The molecule has 0 spiro atoms. The Bertz CT molecular complexity index is 1560. The molecular formula is C35H34F3N3O3. The first kappa shape index (κ1) is 30.8. The number of alkyl halides is 3. The highest BCUT2D eigenvalue weighted by molar-refractivity contribution is 6.08. The van der Waals surface area contributed by atoms with Gasteiger partial charge in [0.15, 0.2) is 0 Å². The van der Waals surface area contributed by atoms with Crippen molar-refractivity contribution in [3.63, 3.8) is 0 Å². The first-order valence-electron chi connectivity index (χ1n) is 14.6. The van der Waals surface area contributed by atoms with Gasteiger partial charge < -0.3 is 15.0 Å². The van der Waals surface area contributed by atoms with Crippen LogP contribution in [0.1, 0.15) is 47.3 Å². The van der Waals surface area contributed by atoms with Crippen LogP contribution in [0.15, 0.2) is 103 Å². The van der Waals surface area contributed by atoms with Crippen LogP contribution in [0, 0.1) is 0 Å². The lowest BCUT2D eigenvalue weighted by molar-refractivity contribution is -0.146. The molecule has 4 aromatic carbocycles. The van der Waals surface area contributed by atoms with Gasteiger partial charge in [-0.3, -0.25) is 10.1 Å². The largest absolute Gasteiger partial charge is 0.464 e. The molecule has 0 bridgehead atoms. The first-order valence-corrected chi connectivity index (χ1v) is 14.6. The van der Waals surface area contributed by atoms with Crippen molar-refractivity contribution >= 4 is 23.3 Å². The monoisotopic (exact) mass is 601 g/mol. The molecule has 0 saturated carbocycles. The quantitative estimate of drug-likeness (QED) is 0.184. The zero-order valence-corrected chi connectivity index (χ0v) is 24.3. The minimum absolute atomic E-state index is 0.0791. The molecule has 0 aromatic heterocycles. The predicted molar refractivity (Wildman–Crippen MR) is 165 cm³/mol. The average Bonchev–Trinajstić information content (AvgIpc) is 3.51. The number of carbonyl (C=O) groups excluding carboxylic acids is 2. The fourth-order valence-electron chi connectivity index (χ4n) is 5.32. The van der Waals surface area contributed by atoms with Crippen LogP contribution < -0.4 is 15.5 Å². The Hall–Kier alpha value is -4.63. The van der Waals surface area contributed by atoms with Gasteiger partial charge in [0.1, 0.15) is 6.04 Å². The van der Waals surface area contributed by atoms with E-state index in [9.17, 15) is 22.8 Å². The zero-order valence-electron chi connectivity index (χ0n) is 24.3. The molecular weight excluding hydrogens is 567 g/mol. The molecule has 9 heteroatoms. The zero-order chi connectivity index (χ0) is 31.1.